The van der Waals surface area contributed by atoms with Gasteiger partial charge in [-0.3, -0.25) is 29.5 Å². The molecule has 2 saturated heterocycles. The number of halogens is 1. The zero-order valence-electron chi connectivity index (χ0n) is 23.7. The van der Waals surface area contributed by atoms with Gasteiger partial charge in [-0.05, 0) is 62.1 Å². The number of rotatable bonds is 6. The highest BCUT2D eigenvalue weighted by molar-refractivity contribution is 6.16. The predicted octanol–water partition coefficient (Wildman–Crippen LogP) is 3.53. The summed E-state index contributed by atoms with van der Waals surface area (Å²) >= 11 is 0. The van der Waals surface area contributed by atoms with E-state index in [-0.39, 0.29) is 49.2 Å². The summed E-state index contributed by atoms with van der Waals surface area (Å²) in [5, 5.41) is 5.23. The summed E-state index contributed by atoms with van der Waals surface area (Å²) in [6.07, 6.45) is -0.277. The number of urea groups is 1. The number of likely N-dealkylation sites (N-methyl/N-ethyl adjacent to an activating group) is 1. The Balaban J connectivity index is 1.51. The smallest absolute Gasteiger partial charge is 0.411 e. The lowest BCUT2D eigenvalue weighted by Crippen LogP contribution is -2.60. The summed E-state index contributed by atoms with van der Waals surface area (Å²) in [6, 6.07) is 9.26. The van der Waals surface area contributed by atoms with Crippen molar-refractivity contribution in [3.8, 4) is 0 Å². The lowest BCUT2D eigenvalue weighted by Gasteiger charge is -2.43. The number of hydrogen-bond acceptors (Lipinski definition) is 6. The van der Waals surface area contributed by atoms with E-state index >= 15 is 0 Å². The van der Waals surface area contributed by atoms with E-state index in [4.69, 9.17) is 0 Å². The molecular weight excluding hydrogens is 533 g/mol. The molecule has 2 heterocycles. The molecule has 2 aromatic rings. The lowest BCUT2D eigenvalue weighted by atomic mass is 9.85. The summed E-state index contributed by atoms with van der Waals surface area (Å²) < 4.78 is 18.9. The van der Waals surface area contributed by atoms with E-state index in [9.17, 15) is 28.4 Å². The maximum atomic E-state index is 14.3. The molecule has 2 aromatic carbocycles. The number of ether oxygens (including phenoxy) is 1. The largest absolute Gasteiger partial charge is 0.453 e. The highest BCUT2D eigenvalue weighted by Gasteiger charge is 2.58. The third-order valence-electron chi connectivity index (χ3n) is 7.65. The second kappa shape index (κ2) is 11.6. The third-order valence-corrected chi connectivity index (χ3v) is 7.65. The Morgan fingerprint density at radius 1 is 1.02 bits per heavy atom. The fourth-order valence-electron chi connectivity index (χ4n) is 5.32. The Morgan fingerprint density at radius 3 is 2.24 bits per heavy atom. The molecule has 4 rings (SSSR count). The SMILES string of the molecule is COC(=O)Nc1ccc(N2C(=O)N(C)C(=O)C23CCN(C(=O)[C@H](NC(=O)c2cc(C)ccc2F)C(C)C)CC3)cc1. The van der Waals surface area contributed by atoms with Crippen molar-refractivity contribution in [2.45, 2.75) is 45.2 Å². The normalized spacial score (nSPS) is 17.2. The number of piperidine rings is 1. The molecule has 0 aromatic heterocycles. The maximum absolute atomic E-state index is 14.3. The van der Waals surface area contributed by atoms with Crippen LogP contribution in [0.2, 0.25) is 0 Å². The summed E-state index contributed by atoms with van der Waals surface area (Å²) in [5.74, 6) is -2.35. The van der Waals surface area contributed by atoms with E-state index in [1.165, 1.54) is 31.2 Å². The second-order valence-corrected chi connectivity index (χ2v) is 10.7. The third kappa shape index (κ3) is 5.59. The van der Waals surface area contributed by atoms with E-state index in [2.05, 4.69) is 15.4 Å². The molecule has 41 heavy (non-hydrogen) atoms. The van der Waals surface area contributed by atoms with Crippen molar-refractivity contribution in [1.29, 1.82) is 0 Å². The Kier molecular flexibility index (Phi) is 8.32. The number of amides is 6. The monoisotopic (exact) mass is 567 g/mol. The standard InChI is InChI=1S/C29H34FN5O6/c1-17(2)23(32-24(36)21-16-18(3)6-11-22(21)30)25(37)34-14-12-29(13-15-34)26(38)33(4)28(40)35(29)20-9-7-19(8-10-20)31-27(39)41-5/h6-11,16-17,23H,12-15H2,1-5H3,(H,31,39)(H,32,36)/t23-/m1/s1. The van der Waals surface area contributed by atoms with Gasteiger partial charge >= 0.3 is 12.1 Å². The van der Waals surface area contributed by atoms with E-state index < -0.39 is 35.4 Å². The molecule has 2 fully saturated rings. The first kappa shape index (κ1) is 29.5. The van der Waals surface area contributed by atoms with Gasteiger partial charge in [0.25, 0.3) is 11.8 Å². The Morgan fingerprint density at radius 2 is 1.66 bits per heavy atom. The van der Waals surface area contributed by atoms with Crippen molar-refractivity contribution in [2.24, 2.45) is 5.92 Å². The van der Waals surface area contributed by atoms with Crippen LogP contribution in [0, 0.1) is 18.7 Å². The predicted molar refractivity (Wildman–Crippen MR) is 149 cm³/mol. The minimum Gasteiger partial charge on any atom is -0.453 e. The van der Waals surface area contributed by atoms with Gasteiger partial charge in [0.05, 0.1) is 12.7 Å². The van der Waals surface area contributed by atoms with Crippen LogP contribution in [-0.4, -0.2) is 78.5 Å². The quantitative estimate of drug-likeness (QED) is 0.514. The van der Waals surface area contributed by atoms with Crippen molar-refractivity contribution in [1.82, 2.24) is 15.1 Å². The summed E-state index contributed by atoms with van der Waals surface area (Å²) in [6.45, 7) is 5.66. The van der Waals surface area contributed by atoms with Gasteiger partial charge in [-0.2, -0.15) is 0 Å². The highest BCUT2D eigenvalue weighted by atomic mass is 19.1. The molecular formula is C29H34FN5O6. The number of benzene rings is 2. The number of aryl methyl sites for hydroxylation is 1. The molecule has 11 nitrogen and oxygen atoms in total. The van der Waals surface area contributed by atoms with E-state index in [0.717, 1.165) is 4.90 Å². The minimum atomic E-state index is -1.19. The Bertz CT molecular complexity index is 1370. The number of nitrogens with one attached hydrogen (secondary N) is 2. The van der Waals surface area contributed by atoms with E-state index in [0.29, 0.717) is 16.9 Å². The average molecular weight is 568 g/mol. The molecule has 2 aliphatic rings. The zero-order valence-corrected chi connectivity index (χ0v) is 23.7. The number of hydrogen-bond donors (Lipinski definition) is 2. The summed E-state index contributed by atoms with van der Waals surface area (Å²) in [7, 11) is 2.67. The topological polar surface area (TPSA) is 128 Å². The van der Waals surface area contributed by atoms with E-state index in [1.54, 1.807) is 56.0 Å². The molecule has 1 spiro atoms. The van der Waals surface area contributed by atoms with Crippen LogP contribution in [0.15, 0.2) is 42.5 Å². The molecule has 0 radical (unpaired) electrons. The van der Waals surface area contributed by atoms with Crippen LogP contribution in [-0.2, 0) is 14.3 Å². The van der Waals surface area contributed by atoms with Gasteiger partial charge in [0.2, 0.25) is 5.91 Å². The molecule has 12 heteroatoms. The molecule has 218 valence electrons. The van der Waals surface area contributed by atoms with Crippen molar-refractivity contribution in [2.75, 3.05) is 37.5 Å². The lowest BCUT2D eigenvalue weighted by molar-refractivity contribution is -0.139. The first-order valence-electron chi connectivity index (χ1n) is 13.3. The summed E-state index contributed by atoms with van der Waals surface area (Å²) in [4.78, 5) is 68.7. The number of nitrogens with zero attached hydrogens (tertiary/aromatic N) is 3. The molecule has 0 unspecified atom stereocenters. The highest BCUT2D eigenvalue weighted by Crippen LogP contribution is 2.40. The van der Waals surface area contributed by atoms with Crippen molar-refractivity contribution < 1.29 is 33.1 Å². The van der Waals surface area contributed by atoms with Crippen LogP contribution in [0.5, 0.6) is 0 Å². The fourth-order valence-corrected chi connectivity index (χ4v) is 5.32. The fraction of sp³-hybridized carbons (Fsp3) is 0.414. The molecule has 0 bridgehead atoms. The van der Waals surface area contributed by atoms with Crippen molar-refractivity contribution >= 4 is 41.2 Å². The second-order valence-electron chi connectivity index (χ2n) is 10.7. The van der Waals surface area contributed by atoms with Crippen LogP contribution in [0.3, 0.4) is 0 Å². The molecule has 0 saturated carbocycles. The van der Waals surface area contributed by atoms with Gasteiger partial charge < -0.3 is 15.0 Å². The minimum absolute atomic E-state index is 0.136. The summed E-state index contributed by atoms with van der Waals surface area (Å²) in [5.41, 5.74) is 0.304. The number of likely N-dealkylation sites (tertiary alicyclic amines) is 1. The molecule has 6 amide bonds. The van der Waals surface area contributed by atoms with Crippen LogP contribution in [0.25, 0.3) is 0 Å². The first-order chi connectivity index (χ1) is 19.4. The van der Waals surface area contributed by atoms with E-state index in [1.807, 2.05) is 0 Å². The van der Waals surface area contributed by atoms with Crippen molar-refractivity contribution in [3.63, 3.8) is 0 Å². The van der Waals surface area contributed by atoms with Crippen LogP contribution < -0.4 is 15.5 Å². The number of imide groups is 1. The molecule has 2 aliphatic heterocycles. The zero-order chi connectivity index (χ0) is 30.1. The number of methoxy groups -OCH3 is 1. The van der Waals surface area contributed by atoms with Crippen molar-refractivity contribution in [3.05, 3.63) is 59.4 Å². The maximum Gasteiger partial charge on any atom is 0.411 e. The van der Waals surface area contributed by atoms with Crippen LogP contribution in [0.4, 0.5) is 25.4 Å². The van der Waals surface area contributed by atoms with Gasteiger partial charge in [0, 0.05) is 31.5 Å². The first-order valence-corrected chi connectivity index (χ1v) is 13.3. The van der Waals surface area contributed by atoms with Gasteiger partial charge in [0.15, 0.2) is 0 Å². The number of carbonyl (C=O) groups is 5. The van der Waals surface area contributed by atoms with Gasteiger partial charge in [-0.25, -0.2) is 14.0 Å². The van der Waals surface area contributed by atoms with Gasteiger partial charge in [0.1, 0.15) is 17.4 Å². The molecule has 0 aliphatic carbocycles. The van der Waals surface area contributed by atoms with Crippen LogP contribution in [0.1, 0.15) is 42.6 Å². The average Bonchev–Trinajstić information content (AvgIpc) is 3.13. The number of anilines is 2. The molecule has 2 N–H and O–H groups in total. The Labute approximate surface area is 237 Å². The van der Waals surface area contributed by atoms with Gasteiger partial charge in [-0.15, -0.1) is 0 Å². The Hall–Kier alpha value is -4.48. The number of carbonyl (C=O) groups excluding carboxylic acids is 5. The molecule has 1 atom stereocenters. The van der Waals surface area contributed by atoms with Crippen LogP contribution >= 0.6 is 0 Å². The van der Waals surface area contributed by atoms with Gasteiger partial charge in [-0.1, -0.05) is 25.5 Å².